The van der Waals surface area contributed by atoms with Gasteiger partial charge >= 0.3 is 12.4 Å². The van der Waals surface area contributed by atoms with Gasteiger partial charge in [-0.15, -0.1) is 0 Å². The van der Waals surface area contributed by atoms with Crippen molar-refractivity contribution in [2.45, 2.75) is 55.4 Å². The maximum absolute atomic E-state index is 12.9. The Balaban J connectivity index is 1.62. The molecule has 6 nitrogen and oxygen atoms in total. The minimum absolute atomic E-state index is 0.0106. The molecule has 3 rings (SSSR count). The van der Waals surface area contributed by atoms with Crippen molar-refractivity contribution in [3.63, 3.8) is 0 Å². The first-order chi connectivity index (χ1) is 16.2. The van der Waals surface area contributed by atoms with Crippen LogP contribution >= 0.6 is 0 Å². The number of hydrogen-bond donors (Lipinski definition) is 2. The average molecular weight is 524 g/mol. The van der Waals surface area contributed by atoms with Gasteiger partial charge in [0.15, 0.2) is 6.61 Å². The molecule has 0 unspecified atom stereocenters. The number of amides is 1. The van der Waals surface area contributed by atoms with Gasteiger partial charge in [0.25, 0.3) is 5.91 Å². The van der Waals surface area contributed by atoms with Gasteiger partial charge in [0.05, 0.1) is 16.0 Å². The van der Waals surface area contributed by atoms with E-state index in [0.717, 1.165) is 32.1 Å². The summed E-state index contributed by atoms with van der Waals surface area (Å²) in [5.41, 5.74) is -3.83. The van der Waals surface area contributed by atoms with E-state index in [1.54, 1.807) is 0 Å². The van der Waals surface area contributed by atoms with Gasteiger partial charge in [-0.05, 0) is 55.3 Å². The van der Waals surface area contributed by atoms with Crippen molar-refractivity contribution in [3.8, 4) is 5.75 Å². The van der Waals surface area contributed by atoms with Gasteiger partial charge in [0, 0.05) is 11.7 Å². The summed E-state index contributed by atoms with van der Waals surface area (Å²) < 4.78 is 110. The fraction of sp³-hybridized carbons (Fsp3) is 0.409. The molecule has 1 saturated carbocycles. The van der Waals surface area contributed by atoms with Crippen molar-refractivity contribution >= 4 is 21.6 Å². The molecule has 1 aliphatic carbocycles. The van der Waals surface area contributed by atoms with Gasteiger partial charge in [0.1, 0.15) is 5.75 Å². The first-order valence-electron chi connectivity index (χ1n) is 10.6. The Morgan fingerprint density at radius 1 is 0.886 bits per heavy atom. The summed E-state index contributed by atoms with van der Waals surface area (Å²) in [7, 11) is -3.75. The van der Waals surface area contributed by atoms with E-state index in [1.807, 2.05) is 5.32 Å². The van der Waals surface area contributed by atoms with Gasteiger partial charge < -0.3 is 10.1 Å². The summed E-state index contributed by atoms with van der Waals surface area (Å²) in [5.74, 6) is -0.926. The highest BCUT2D eigenvalue weighted by Gasteiger charge is 2.37. The van der Waals surface area contributed by atoms with Crippen LogP contribution in [0, 0.1) is 0 Å². The molecule has 0 aromatic heterocycles. The fourth-order valence-corrected chi connectivity index (χ4v) is 4.90. The molecule has 192 valence electrons. The number of nitrogens with one attached hydrogen (secondary N) is 2. The molecule has 0 atom stereocenters. The number of halogens is 6. The van der Waals surface area contributed by atoms with Gasteiger partial charge in [-0.2, -0.15) is 26.3 Å². The van der Waals surface area contributed by atoms with Crippen LogP contribution in [0.4, 0.5) is 32.0 Å². The summed E-state index contributed by atoms with van der Waals surface area (Å²) in [5, 5.41) is 1.95. The Bertz CT molecular complexity index is 1110. The van der Waals surface area contributed by atoms with Crippen molar-refractivity contribution in [1.82, 2.24) is 4.72 Å². The zero-order valence-corrected chi connectivity index (χ0v) is 19.0. The number of alkyl halides is 6. The van der Waals surface area contributed by atoms with Crippen molar-refractivity contribution in [2.75, 3.05) is 11.9 Å². The van der Waals surface area contributed by atoms with E-state index >= 15 is 0 Å². The largest absolute Gasteiger partial charge is 0.484 e. The lowest BCUT2D eigenvalue weighted by Crippen LogP contribution is -2.36. The van der Waals surface area contributed by atoms with Crippen LogP contribution in [0.1, 0.15) is 43.2 Å². The molecule has 2 aromatic carbocycles. The highest BCUT2D eigenvalue weighted by molar-refractivity contribution is 7.89. The van der Waals surface area contributed by atoms with E-state index in [9.17, 15) is 39.6 Å². The summed E-state index contributed by atoms with van der Waals surface area (Å²) in [4.78, 5) is 12.0. The zero-order chi connectivity index (χ0) is 25.9. The number of carbonyl (C=O) groups excluding carboxylic acids is 1. The molecular formula is C22H22F6N2O4S. The minimum atomic E-state index is -5.05. The van der Waals surface area contributed by atoms with Gasteiger partial charge in [-0.3, -0.25) is 4.79 Å². The lowest BCUT2D eigenvalue weighted by molar-refractivity contribution is -0.143. The van der Waals surface area contributed by atoms with Crippen molar-refractivity contribution in [1.29, 1.82) is 0 Å². The third-order valence-corrected chi connectivity index (χ3v) is 6.84. The molecule has 0 bridgehead atoms. The topological polar surface area (TPSA) is 84.5 Å². The first kappa shape index (κ1) is 26.8. The van der Waals surface area contributed by atoms with Gasteiger partial charge in [-0.1, -0.05) is 19.3 Å². The Morgan fingerprint density at radius 2 is 1.43 bits per heavy atom. The molecular weight excluding hydrogens is 502 g/mol. The predicted molar refractivity (Wildman–Crippen MR) is 114 cm³/mol. The van der Waals surface area contributed by atoms with Crippen LogP contribution in [0.2, 0.25) is 0 Å². The third-order valence-electron chi connectivity index (χ3n) is 5.30. The van der Waals surface area contributed by atoms with E-state index < -0.39 is 51.7 Å². The summed E-state index contributed by atoms with van der Waals surface area (Å²) in [6.45, 7) is -0.732. The van der Waals surface area contributed by atoms with Gasteiger partial charge in [-0.25, -0.2) is 13.1 Å². The molecule has 0 saturated heterocycles. The van der Waals surface area contributed by atoms with Crippen LogP contribution in [-0.2, 0) is 27.2 Å². The van der Waals surface area contributed by atoms with Crippen molar-refractivity contribution in [3.05, 3.63) is 53.6 Å². The number of rotatable bonds is 7. The standard InChI is InChI=1S/C22H22F6N2O4S/c23-21(24,25)14-10-15(22(26,27)28)12-17(11-14)29-20(31)13-34-18-6-8-19(9-7-18)35(32,33)30-16-4-2-1-3-5-16/h6-12,16,30H,1-5,13H2,(H,29,31). The number of hydrogen-bond acceptors (Lipinski definition) is 4. The Kier molecular flexibility index (Phi) is 8.00. The van der Waals surface area contributed by atoms with Crippen LogP contribution in [0.5, 0.6) is 5.75 Å². The highest BCUT2D eigenvalue weighted by Crippen LogP contribution is 2.37. The summed E-state index contributed by atoms with van der Waals surface area (Å²) in [6, 6.07) is 5.68. The number of benzene rings is 2. The molecule has 1 amide bonds. The second kappa shape index (κ2) is 10.4. The zero-order valence-electron chi connectivity index (χ0n) is 18.2. The van der Waals surface area contributed by atoms with E-state index in [1.165, 1.54) is 24.3 Å². The monoisotopic (exact) mass is 524 g/mol. The predicted octanol–water partition coefficient (Wildman–Crippen LogP) is 5.35. The normalized spacial score (nSPS) is 15.6. The Hall–Kier alpha value is -2.80. The van der Waals surface area contributed by atoms with Crippen LogP contribution in [0.15, 0.2) is 47.4 Å². The molecule has 35 heavy (non-hydrogen) atoms. The molecule has 1 aliphatic rings. The van der Waals surface area contributed by atoms with Crippen LogP contribution < -0.4 is 14.8 Å². The van der Waals surface area contributed by atoms with E-state index in [2.05, 4.69) is 4.72 Å². The second-order valence-electron chi connectivity index (χ2n) is 8.06. The molecule has 2 aromatic rings. The smallest absolute Gasteiger partial charge is 0.416 e. The molecule has 2 N–H and O–H groups in total. The van der Waals surface area contributed by atoms with Crippen LogP contribution in [0.25, 0.3) is 0 Å². The number of sulfonamides is 1. The van der Waals surface area contributed by atoms with Crippen LogP contribution in [0.3, 0.4) is 0 Å². The molecule has 0 heterocycles. The molecule has 13 heteroatoms. The fourth-order valence-electron chi connectivity index (χ4n) is 3.60. The van der Waals surface area contributed by atoms with E-state index in [4.69, 9.17) is 4.74 Å². The maximum atomic E-state index is 12.9. The summed E-state index contributed by atoms with van der Waals surface area (Å²) in [6.07, 6.45) is -5.64. The molecule has 0 spiro atoms. The number of ether oxygens (including phenoxy) is 1. The second-order valence-corrected chi connectivity index (χ2v) is 9.77. The Morgan fingerprint density at radius 3 is 1.94 bits per heavy atom. The lowest BCUT2D eigenvalue weighted by atomic mass is 9.96. The lowest BCUT2D eigenvalue weighted by Gasteiger charge is -2.22. The maximum Gasteiger partial charge on any atom is 0.416 e. The average Bonchev–Trinajstić information content (AvgIpc) is 2.77. The van der Waals surface area contributed by atoms with Crippen LogP contribution in [-0.4, -0.2) is 27.0 Å². The number of anilines is 1. The van der Waals surface area contributed by atoms with E-state index in [0.29, 0.717) is 12.1 Å². The third kappa shape index (κ3) is 7.59. The highest BCUT2D eigenvalue weighted by atomic mass is 32.2. The van der Waals surface area contributed by atoms with Crippen molar-refractivity contribution < 1.29 is 44.3 Å². The molecule has 0 aliphatic heterocycles. The first-order valence-corrected chi connectivity index (χ1v) is 12.1. The SMILES string of the molecule is O=C(COc1ccc(S(=O)(=O)NC2CCCCC2)cc1)Nc1cc(C(F)(F)F)cc(C(F)(F)F)c1. The quantitative estimate of drug-likeness (QED) is 0.478. The summed E-state index contributed by atoms with van der Waals surface area (Å²) >= 11 is 0. The van der Waals surface area contributed by atoms with Crippen molar-refractivity contribution in [2.24, 2.45) is 0 Å². The molecule has 0 radical (unpaired) electrons. The number of carbonyl (C=O) groups is 1. The minimum Gasteiger partial charge on any atom is -0.484 e. The Labute approximate surface area is 197 Å². The van der Waals surface area contributed by atoms with E-state index in [-0.39, 0.29) is 22.8 Å². The van der Waals surface area contributed by atoms with Gasteiger partial charge in [0.2, 0.25) is 10.0 Å². The molecule has 1 fully saturated rings.